The average Bonchev–Trinajstić information content (AvgIpc) is 2.31. The molecule has 0 saturated heterocycles. The molecule has 104 valence electrons. The maximum absolute atomic E-state index is 11.4. The molecule has 2 amide bonds. The van der Waals surface area contributed by atoms with Crippen molar-refractivity contribution in [3.05, 3.63) is 0 Å². The first-order valence-electron chi connectivity index (χ1n) is 5.85. The quantitative estimate of drug-likeness (QED) is 0.470. The van der Waals surface area contributed by atoms with Crippen LogP contribution in [-0.4, -0.2) is 41.5 Å². The zero-order valence-electron chi connectivity index (χ0n) is 10.9. The number of nitrogens with two attached hydrogens (primary N) is 1. The standard InChI is InChI=1S/C11H21N3O4/c1-4-7(11(17)18)14-8(15)5-13-10(16)9(12)6(2)3/h6-7,9H,4-5,12H2,1-3H3,(H,13,16)(H,14,15)(H,17,18)/t7-,9-/m0/s1. The Hall–Kier alpha value is -1.63. The van der Waals surface area contributed by atoms with E-state index < -0.39 is 29.9 Å². The maximum Gasteiger partial charge on any atom is 0.326 e. The van der Waals surface area contributed by atoms with Crippen LogP contribution in [0.5, 0.6) is 0 Å². The SMILES string of the molecule is CC[C@H](NC(=O)CNC(=O)[C@@H](N)C(C)C)C(=O)O. The van der Waals surface area contributed by atoms with Gasteiger partial charge in [-0.25, -0.2) is 4.79 Å². The van der Waals surface area contributed by atoms with Crippen molar-refractivity contribution >= 4 is 17.8 Å². The summed E-state index contributed by atoms with van der Waals surface area (Å²) in [5.74, 6) is -2.11. The number of amides is 2. The Morgan fingerprint density at radius 3 is 2.22 bits per heavy atom. The molecule has 0 heterocycles. The minimum absolute atomic E-state index is 0.0320. The van der Waals surface area contributed by atoms with E-state index in [0.717, 1.165) is 0 Å². The molecule has 0 radical (unpaired) electrons. The molecule has 0 bridgehead atoms. The second-order valence-electron chi connectivity index (χ2n) is 4.35. The monoisotopic (exact) mass is 259 g/mol. The van der Waals surface area contributed by atoms with Gasteiger partial charge in [-0.2, -0.15) is 0 Å². The Balaban J connectivity index is 4.11. The van der Waals surface area contributed by atoms with Gasteiger partial charge in [0.05, 0.1) is 12.6 Å². The number of carboxylic acids is 1. The van der Waals surface area contributed by atoms with Crippen LogP contribution in [0.1, 0.15) is 27.2 Å². The lowest BCUT2D eigenvalue weighted by atomic mass is 10.1. The summed E-state index contributed by atoms with van der Waals surface area (Å²) < 4.78 is 0. The molecule has 0 rings (SSSR count). The summed E-state index contributed by atoms with van der Waals surface area (Å²) in [6, 6.07) is -1.62. The predicted octanol–water partition coefficient (Wildman–Crippen LogP) is -0.935. The van der Waals surface area contributed by atoms with Gasteiger partial charge in [0, 0.05) is 0 Å². The first kappa shape index (κ1) is 16.4. The summed E-state index contributed by atoms with van der Waals surface area (Å²) in [4.78, 5) is 33.5. The number of nitrogens with one attached hydrogen (secondary N) is 2. The van der Waals surface area contributed by atoms with Crippen LogP contribution >= 0.6 is 0 Å². The number of carbonyl (C=O) groups is 3. The second-order valence-corrected chi connectivity index (χ2v) is 4.35. The predicted molar refractivity (Wildman–Crippen MR) is 65.7 cm³/mol. The fraction of sp³-hybridized carbons (Fsp3) is 0.727. The van der Waals surface area contributed by atoms with E-state index >= 15 is 0 Å². The van der Waals surface area contributed by atoms with E-state index in [9.17, 15) is 14.4 Å². The topological polar surface area (TPSA) is 122 Å². The fourth-order valence-corrected chi connectivity index (χ4v) is 1.17. The minimum atomic E-state index is -1.10. The van der Waals surface area contributed by atoms with Gasteiger partial charge in [0.2, 0.25) is 11.8 Å². The van der Waals surface area contributed by atoms with Crippen molar-refractivity contribution in [3.8, 4) is 0 Å². The van der Waals surface area contributed by atoms with Gasteiger partial charge in [-0.05, 0) is 12.3 Å². The van der Waals surface area contributed by atoms with E-state index in [1.54, 1.807) is 20.8 Å². The van der Waals surface area contributed by atoms with Gasteiger partial charge < -0.3 is 21.5 Å². The van der Waals surface area contributed by atoms with E-state index in [1.165, 1.54) is 0 Å². The first-order chi connectivity index (χ1) is 8.29. The molecule has 0 aliphatic carbocycles. The third-order valence-corrected chi connectivity index (χ3v) is 2.49. The van der Waals surface area contributed by atoms with Gasteiger partial charge in [0.1, 0.15) is 6.04 Å². The van der Waals surface area contributed by atoms with Gasteiger partial charge in [-0.15, -0.1) is 0 Å². The number of rotatable bonds is 7. The lowest BCUT2D eigenvalue weighted by molar-refractivity contribution is -0.141. The van der Waals surface area contributed by atoms with Crippen LogP contribution in [-0.2, 0) is 14.4 Å². The molecule has 5 N–H and O–H groups in total. The minimum Gasteiger partial charge on any atom is -0.480 e. The third-order valence-electron chi connectivity index (χ3n) is 2.49. The van der Waals surface area contributed by atoms with Gasteiger partial charge in [-0.1, -0.05) is 20.8 Å². The maximum atomic E-state index is 11.4. The van der Waals surface area contributed by atoms with Crippen LogP contribution in [0.25, 0.3) is 0 Å². The molecular formula is C11H21N3O4. The molecule has 0 unspecified atom stereocenters. The molecule has 7 nitrogen and oxygen atoms in total. The normalized spacial score (nSPS) is 13.8. The fourth-order valence-electron chi connectivity index (χ4n) is 1.17. The van der Waals surface area contributed by atoms with E-state index in [2.05, 4.69) is 10.6 Å². The zero-order valence-corrected chi connectivity index (χ0v) is 10.9. The van der Waals surface area contributed by atoms with Crippen molar-refractivity contribution in [3.63, 3.8) is 0 Å². The van der Waals surface area contributed by atoms with Gasteiger partial charge in [0.15, 0.2) is 0 Å². The van der Waals surface area contributed by atoms with Crippen LogP contribution in [0.15, 0.2) is 0 Å². The van der Waals surface area contributed by atoms with E-state index in [4.69, 9.17) is 10.8 Å². The molecule has 0 aromatic heterocycles. The molecule has 18 heavy (non-hydrogen) atoms. The summed E-state index contributed by atoms with van der Waals surface area (Å²) in [5.41, 5.74) is 5.58. The van der Waals surface area contributed by atoms with Crippen molar-refractivity contribution < 1.29 is 19.5 Å². The molecule has 0 spiro atoms. The largest absolute Gasteiger partial charge is 0.480 e. The lowest BCUT2D eigenvalue weighted by Gasteiger charge is -2.16. The average molecular weight is 259 g/mol. The van der Waals surface area contributed by atoms with Gasteiger partial charge >= 0.3 is 5.97 Å². The highest BCUT2D eigenvalue weighted by Crippen LogP contribution is 1.97. The van der Waals surface area contributed by atoms with E-state index in [1.807, 2.05) is 0 Å². The van der Waals surface area contributed by atoms with E-state index in [0.29, 0.717) is 0 Å². The number of carbonyl (C=O) groups excluding carboxylic acids is 2. The smallest absolute Gasteiger partial charge is 0.326 e. The first-order valence-corrected chi connectivity index (χ1v) is 5.85. The number of aliphatic carboxylic acids is 1. The Bertz CT molecular complexity index is 317. The van der Waals surface area contributed by atoms with Crippen LogP contribution < -0.4 is 16.4 Å². The highest BCUT2D eigenvalue weighted by Gasteiger charge is 2.20. The molecule has 0 aromatic rings. The highest BCUT2D eigenvalue weighted by molar-refractivity contribution is 5.89. The Labute approximate surface area is 106 Å². The number of hydrogen-bond donors (Lipinski definition) is 4. The molecule has 0 aromatic carbocycles. The Morgan fingerprint density at radius 1 is 1.28 bits per heavy atom. The Morgan fingerprint density at radius 2 is 1.83 bits per heavy atom. The third kappa shape index (κ3) is 5.62. The molecule has 0 aliphatic rings. The van der Waals surface area contributed by atoms with Crippen molar-refractivity contribution in [1.29, 1.82) is 0 Å². The highest BCUT2D eigenvalue weighted by atomic mass is 16.4. The molecule has 7 heteroatoms. The number of hydrogen-bond acceptors (Lipinski definition) is 4. The summed E-state index contributed by atoms with van der Waals surface area (Å²) in [5, 5.41) is 13.4. The van der Waals surface area contributed by atoms with Crippen molar-refractivity contribution in [2.24, 2.45) is 11.7 Å². The summed E-state index contributed by atoms with van der Waals surface area (Å²) in [7, 11) is 0. The van der Waals surface area contributed by atoms with Crippen molar-refractivity contribution in [2.75, 3.05) is 6.54 Å². The second kappa shape index (κ2) is 7.65. The van der Waals surface area contributed by atoms with E-state index in [-0.39, 0.29) is 18.9 Å². The van der Waals surface area contributed by atoms with Crippen LogP contribution in [0.4, 0.5) is 0 Å². The lowest BCUT2D eigenvalue weighted by Crippen LogP contribution is -2.49. The summed E-state index contributed by atoms with van der Waals surface area (Å²) >= 11 is 0. The van der Waals surface area contributed by atoms with Crippen molar-refractivity contribution in [2.45, 2.75) is 39.3 Å². The van der Waals surface area contributed by atoms with Crippen LogP contribution in [0.2, 0.25) is 0 Å². The van der Waals surface area contributed by atoms with Gasteiger partial charge in [-0.3, -0.25) is 9.59 Å². The molecular weight excluding hydrogens is 238 g/mol. The Kier molecular flexibility index (Phi) is 6.96. The van der Waals surface area contributed by atoms with Gasteiger partial charge in [0.25, 0.3) is 0 Å². The molecule has 0 saturated carbocycles. The van der Waals surface area contributed by atoms with Crippen LogP contribution in [0.3, 0.4) is 0 Å². The molecule has 2 atom stereocenters. The van der Waals surface area contributed by atoms with Crippen molar-refractivity contribution in [1.82, 2.24) is 10.6 Å². The summed E-state index contributed by atoms with van der Waals surface area (Å²) in [6.07, 6.45) is 0.278. The number of carboxylic acid groups (broad SMARTS) is 1. The summed E-state index contributed by atoms with van der Waals surface area (Å²) in [6.45, 7) is 4.96. The molecule has 0 aliphatic heterocycles. The molecule has 0 fully saturated rings. The van der Waals surface area contributed by atoms with Crippen LogP contribution in [0, 0.1) is 5.92 Å². The zero-order chi connectivity index (χ0) is 14.3.